The van der Waals surface area contributed by atoms with Gasteiger partial charge in [0.2, 0.25) is 0 Å². The number of benzene rings is 1. The van der Waals surface area contributed by atoms with Crippen LogP contribution in [-0.4, -0.2) is 52.4 Å². The molecular weight excluding hydrogens is 340 g/mol. The summed E-state index contributed by atoms with van der Waals surface area (Å²) in [4.78, 5) is 8.85. The molecule has 0 aliphatic rings. The molecule has 2 heterocycles. The molecule has 1 aromatic carbocycles. The Labute approximate surface area is 159 Å². The highest BCUT2D eigenvalue weighted by atomic mass is 15.3. The number of aromatic nitrogens is 4. The van der Waals surface area contributed by atoms with Crippen LogP contribution < -0.4 is 16.0 Å². The minimum atomic E-state index is 0.737. The molecule has 8 heteroatoms. The topological polar surface area (TPSA) is 92.0 Å². The van der Waals surface area contributed by atoms with E-state index in [1.165, 1.54) is 0 Å². The largest absolute Gasteiger partial charge is 0.368 e. The molecule has 142 valence electrons. The van der Waals surface area contributed by atoms with Crippen molar-refractivity contribution in [2.75, 3.05) is 32.0 Å². The minimum Gasteiger partial charge on any atom is -0.368 e. The number of hydrogen-bond acceptors (Lipinski definition) is 5. The Kier molecular flexibility index (Phi) is 6.56. The quantitative estimate of drug-likeness (QED) is 0.319. The van der Waals surface area contributed by atoms with E-state index in [2.05, 4.69) is 55.2 Å². The molecule has 0 saturated heterocycles. The number of nitrogens with zero attached hydrogens (tertiary/aromatic N) is 5. The van der Waals surface area contributed by atoms with Crippen LogP contribution in [0.25, 0.3) is 10.9 Å². The van der Waals surface area contributed by atoms with Crippen molar-refractivity contribution >= 4 is 22.7 Å². The molecule has 0 bridgehead atoms. The van der Waals surface area contributed by atoms with Crippen molar-refractivity contribution in [3.05, 3.63) is 48.5 Å². The molecule has 27 heavy (non-hydrogen) atoms. The zero-order chi connectivity index (χ0) is 18.9. The average Bonchev–Trinajstić information content (AvgIpc) is 3.17. The van der Waals surface area contributed by atoms with Crippen molar-refractivity contribution < 1.29 is 0 Å². The van der Waals surface area contributed by atoms with Crippen molar-refractivity contribution in [2.24, 2.45) is 4.99 Å². The molecule has 8 nitrogen and oxygen atoms in total. The molecule has 0 amide bonds. The van der Waals surface area contributed by atoms with Gasteiger partial charge in [-0.25, -0.2) is 4.98 Å². The second kappa shape index (κ2) is 9.51. The lowest BCUT2D eigenvalue weighted by Gasteiger charge is -2.13. The Morgan fingerprint density at radius 1 is 1.07 bits per heavy atom. The minimum absolute atomic E-state index is 0.737. The van der Waals surface area contributed by atoms with Gasteiger partial charge >= 0.3 is 0 Å². The summed E-state index contributed by atoms with van der Waals surface area (Å²) in [6, 6.07) is 12.2. The van der Waals surface area contributed by atoms with Gasteiger partial charge in [0.25, 0.3) is 0 Å². The SMILES string of the molecule is CCc1nncn1CCNC(=NC)NCCNc1ccc2ccccc2n1. The van der Waals surface area contributed by atoms with E-state index in [0.29, 0.717) is 0 Å². The summed E-state index contributed by atoms with van der Waals surface area (Å²) in [6.07, 6.45) is 2.64. The zero-order valence-corrected chi connectivity index (χ0v) is 15.8. The van der Waals surface area contributed by atoms with Gasteiger partial charge in [-0.15, -0.1) is 10.2 Å². The molecule has 0 unspecified atom stereocenters. The van der Waals surface area contributed by atoms with Crippen molar-refractivity contribution in [2.45, 2.75) is 19.9 Å². The van der Waals surface area contributed by atoms with Gasteiger partial charge in [0.1, 0.15) is 18.0 Å². The third-order valence-electron chi connectivity index (χ3n) is 4.20. The fraction of sp³-hybridized carbons (Fsp3) is 0.368. The number of nitrogens with one attached hydrogen (secondary N) is 3. The molecule has 0 saturated carbocycles. The van der Waals surface area contributed by atoms with Gasteiger partial charge in [0, 0.05) is 45.0 Å². The number of hydrogen-bond donors (Lipinski definition) is 3. The normalized spacial score (nSPS) is 11.6. The van der Waals surface area contributed by atoms with Crippen LogP contribution in [0.4, 0.5) is 5.82 Å². The maximum absolute atomic E-state index is 4.61. The first-order chi connectivity index (χ1) is 13.3. The smallest absolute Gasteiger partial charge is 0.191 e. The predicted octanol–water partition coefficient (Wildman–Crippen LogP) is 1.67. The van der Waals surface area contributed by atoms with E-state index in [4.69, 9.17) is 0 Å². The summed E-state index contributed by atoms with van der Waals surface area (Å²) in [5.74, 6) is 2.64. The van der Waals surface area contributed by atoms with Gasteiger partial charge in [0.05, 0.1) is 5.52 Å². The number of aliphatic imine (C=N–C) groups is 1. The van der Waals surface area contributed by atoms with Gasteiger partial charge in [-0.2, -0.15) is 0 Å². The van der Waals surface area contributed by atoms with Gasteiger partial charge in [-0.3, -0.25) is 4.99 Å². The van der Waals surface area contributed by atoms with Crippen molar-refractivity contribution in [1.82, 2.24) is 30.4 Å². The van der Waals surface area contributed by atoms with Gasteiger partial charge in [-0.1, -0.05) is 25.1 Å². The third-order valence-corrected chi connectivity index (χ3v) is 4.20. The zero-order valence-electron chi connectivity index (χ0n) is 15.8. The Hall–Kier alpha value is -3.16. The van der Waals surface area contributed by atoms with E-state index >= 15 is 0 Å². The van der Waals surface area contributed by atoms with E-state index in [0.717, 1.165) is 61.1 Å². The number of pyridine rings is 1. The highest BCUT2D eigenvalue weighted by Gasteiger charge is 2.02. The number of aryl methyl sites for hydroxylation is 1. The molecular formula is C19H26N8. The van der Waals surface area contributed by atoms with Gasteiger partial charge in [-0.05, 0) is 18.2 Å². The maximum atomic E-state index is 4.61. The van der Waals surface area contributed by atoms with Crippen molar-refractivity contribution in [3.63, 3.8) is 0 Å². The number of anilines is 1. The van der Waals surface area contributed by atoms with Gasteiger partial charge in [0.15, 0.2) is 5.96 Å². The second-order valence-electron chi connectivity index (χ2n) is 6.04. The van der Waals surface area contributed by atoms with Crippen LogP contribution in [0.2, 0.25) is 0 Å². The summed E-state index contributed by atoms with van der Waals surface area (Å²) in [5, 5.41) is 19.1. The number of guanidine groups is 1. The third kappa shape index (κ3) is 5.16. The highest BCUT2D eigenvalue weighted by molar-refractivity contribution is 5.80. The average molecular weight is 366 g/mol. The van der Waals surface area contributed by atoms with Crippen LogP contribution in [0.5, 0.6) is 0 Å². The van der Waals surface area contributed by atoms with Crippen LogP contribution >= 0.6 is 0 Å². The molecule has 0 radical (unpaired) electrons. The fourth-order valence-corrected chi connectivity index (χ4v) is 2.79. The molecule has 3 N–H and O–H groups in total. The Morgan fingerprint density at radius 2 is 1.93 bits per heavy atom. The lowest BCUT2D eigenvalue weighted by molar-refractivity contribution is 0.633. The molecule has 3 aromatic rings. The molecule has 3 rings (SSSR count). The number of fused-ring (bicyclic) bond motifs is 1. The first kappa shape index (κ1) is 18.6. The summed E-state index contributed by atoms with van der Waals surface area (Å²) in [5.41, 5.74) is 0.994. The Morgan fingerprint density at radius 3 is 2.78 bits per heavy atom. The first-order valence-corrected chi connectivity index (χ1v) is 9.21. The lowest BCUT2D eigenvalue weighted by Crippen LogP contribution is -2.40. The molecule has 2 aromatic heterocycles. The predicted molar refractivity (Wildman–Crippen MR) is 109 cm³/mol. The van der Waals surface area contributed by atoms with E-state index < -0.39 is 0 Å². The first-order valence-electron chi connectivity index (χ1n) is 9.21. The fourth-order valence-electron chi connectivity index (χ4n) is 2.79. The molecule has 0 fully saturated rings. The van der Waals surface area contributed by atoms with Crippen LogP contribution in [0.3, 0.4) is 0 Å². The maximum Gasteiger partial charge on any atom is 0.191 e. The Balaban J connectivity index is 1.39. The summed E-state index contributed by atoms with van der Waals surface area (Å²) < 4.78 is 2.05. The summed E-state index contributed by atoms with van der Waals surface area (Å²) in [7, 11) is 1.77. The van der Waals surface area contributed by atoms with Gasteiger partial charge < -0.3 is 20.5 Å². The Bertz CT molecular complexity index is 886. The van der Waals surface area contributed by atoms with Crippen LogP contribution in [0.1, 0.15) is 12.7 Å². The van der Waals surface area contributed by atoms with Crippen LogP contribution in [0.15, 0.2) is 47.7 Å². The lowest BCUT2D eigenvalue weighted by atomic mass is 10.2. The number of rotatable bonds is 8. The van der Waals surface area contributed by atoms with E-state index in [1.807, 2.05) is 28.8 Å². The monoisotopic (exact) mass is 366 g/mol. The summed E-state index contributed by atoms with van der Waals surface area (Å²) in [6.45, 7) is 5.12. The highest BCUT2D eigenvalue weighted by Crippen LogP contribution is 2.13. The number of para-hydroxylation sites is 1. The summed E-state index contributed by atoms with van der Waals surface area (Å²) >= 11 is 0. The van der Waals surface area contributed by atoms with Crippen LogP contribution in [-0.2, 0) is 13.0 Å². The standard InChI is InChI=1S/C19H26N8/c1-3-18-26-24-14-27(18)13-12-23-19(20-2)22-11-10-21-17-9-8-15-6-4-5-7-16(15)25-17/h4-9,14H,3,10-13H2,1-2H3,(H,21,25)(H2,20,22,23). The second-order valence-corrected chi connectivity index (χ2v) is 6.04. The van der Waals surface area contributed by atoms with E-state index in [-0.39, 0.29) is 0 Å². The molecule has 0 aliphatic carbocycles. The molecule has 0 atom stereocenters. The van der Waals surface area contributed by atoms with E-state index in [1.54, 1.807) is 13.4 Å². The van der Waals surface area contributed by atoms with Crippen LogP contribution in [0, 0.1) is 0 Å². The molecule has 0 aliphatic heterocycles. The van der Waals surface area contributed by atoms with E-state index in [9.17, 15) is 0 Å². The molecule has 0 spiro atoms. The van der Waals surface area contributed by atoms with Crippen molar-refractivity contribution in [1.29, 1.82) is 0 Å². The van der Waals surface area contributed by atoms with Crippen molar-refractivity contribution in [3.8, 4) is 0 Å².